The Labute approximate surface area is 116 Å². The Bertz CT molecular complexity index is 323. The second-order valence-electron chi connectivity index (χ2n) is 5.08. The van der Waals surface area contributed by atoms with Crippen LogP contribution in [0, 0.1) is 0 Å². The summed E-state index contributed by atoms with van der Waals surface area (Å²) < 4.78 is 10.8. The van der Waals surface area contributed by atoms with Crippen molar-refractivity contribution in [2.24, 2.45) is 0 Å². The Hall–Kier alpha value is -0.840. The van der Waals surface area contributed by atoms with Gasteiger partial charge in [-0.1, -0.05) is 0 Å². The van der Waals surface area contributed by atoms with Gasteiger partial charge in [0.15, 0.2) is 0 Å². The van der Waals surface area contributed by atoms with Crippen molar-refractivity contribution in [3.8, 4) is 0 Å². The summed E-state index contributed by atoms with van der Waals surface area (Å²) in [6.45, 7) is 7.84. The molecular weight excluding hydrogens is 240 g/mol. The van der Waals surface area contributed by atoms with Crippen LogP contribution in [0.3, 0.4) is 0 Å². The Morgan fingerprint density at radius 2 is 2.32 bits per heavy atom. The molecule has 4 heteroatoms. The summed E-state index contributed by atoms with van der Waals surface area (Å²) in [4.78, 5) is 2.52. The van der Waals surface area contributed by atoms with Crippen molar-refractivity contribution in [2.75, 3.05) is 32.8 Å². The predicted octanol–water partition coefficient (Wildman–Crippen LogP) is 2.26. The first-order chi connectivity index (χ1) is 9.40. The van der Waals surface area contributed by atoms with Crippen molar-refractivity contribution < 1.29 is 9.15 Å². The van der Waals surface area contributed by atoms with E-state index in [1.54, 1.807) is 6.26 Å². The van der Waals surface area contributed by atoms with Gasteiger partial charge in [-0.15, -0.1) is 0 Å². The van der Waals surface area contributed by atoms with Gasteiger partial charge in [0.2, 0.25) is 0 Å². The smallest absolute Gasteiger partial charge is 0.117 e. The second-order valence-corrected chi connectivity index (χ2v) is 5.08. The topological polar surface area (TPSA) is 37.6 Å². The van der Waals surface area contributed by atoms with E-state index in [2.05, 4.69) is 16.3 Å². The first-order valence-corrected chi connectivity index (χ1v) is 7.45. The molecule has 0 amide bonds. The first-order valence-electron chi connectivity index (χ1n) is 7.45. The van der Waals surface area contributed by atoms with Crippen LogP contribution in [-0.4, -0.2) is 43.8 Å². The fraction of sp³-hybridized carbons (Fsp3) is 0.733. The maximum Gasteiger partial charge on any atom is 0.117 e. The minimum atomic E-state index is 0.773. The Kier molecular flexibility index (Phi) is 6.41. The van der Waals surface area contributed by atoms with E-state index in [-0.39, 0.29) is 0 Å². The molecule has 2 rings (SSSR count). The van der Waals surface area contributed by atoms with Crippen LogP contribution in [0.1, 0.15) is 31.9 Å². The van der Waals surface area contributed by atoms with Gasteiger partial charge in [0.25, 0.3) is 0 Å². The molecular formula is C15H26N2O2. The van der Waals surface area contributed by atoms with Crippen LogP contribution < -0.4 is 5.32 Å². The SMILES string of the molecule is CCOCCCNCCN(Cc1ccco1)C1CC1. The van der Waals surface area contributed by atoms with E-state index in [0.29, 0.717) is 0 Å². The lowest BCUT2D eigenvalue weighted by atomic mass is 10.3. The molecule has 4 nitrogen and oxygen atoms in total. The summed E-state index contributed by atoms with van der Waals surface area (Å²) in [6.07, 6.45) is 5.53. The van der Waals surface area contributed by atoms with E-state index in [9.17, 15) is 0 Å². The minimum Gasteiger partial charge on any atom is -0.468 e. The molecule has 0 atom stereocenters. The van der Waals surface area contributed by atoms with Crippen LogP contribution >= 0.6 is 0 Å². The van der Waals surface area contributed by atoms with Crippen LogP contribution in [0.15, 0.2) is 22.8 Å². The number of nitrogens with zero attached hydrogens (tertiary/aromatic N) is 1. The molecule has 1 aliphatic carbocycles. The zero-order chi connectivity index (χ0) is 13.3. The molecule has 0 aliphatic heterocycles. The van der Waals surface area contributed by atoms with E-state index in [1.165, 1.54) is 12.8 Å². The maximum absolute atomic E-state index is 5.44. The van der Waals surface area contributed by atoms with Gasteiger partial charge in [-0.05, 0) is 44.9 Å². The van der Waals surface area contributed by atoms with E-state index in [4.69, 9.17) is 9.15 Å². The standard InChI is InChI=1S/C15H26N2O2/c1-2-18-11-4-8-16-9-10-17(14-6-7-14)13-15-5-3-12-19-15/h3,5,12,14,16H,2,4,6-11,13H2,1H3. The molecule has 19 heavy (non-hydrogen) atoms. The van der Waals surface area contributed by atoms with Gasteiger partial charge in [-0.3, -0.25) is 4.90 Å². The largest absolute Gasteiger partial charge is 0.468 e. The Morgan fingerprint density at radius 3 is 3.00 bits per heavy atom. The molecule has 0 aromatic carbocycles. The van der Waals surface area contributed by atoms with Crippen molar-refractivity contribution in [3.05, 3.63) is 24.2 Å². The van der Waals surface area contributed by atoms with Crippen molar-refractivity contribution in [2.45, 2.75) is 38.8 Å². The van der Waals surface area contributed by atoms with Crippen LogP contribution in [0.5, 0.6) is 0 Å². The lowest BCUT2D eigenvalue weighted by Crippen LogP contribution is -2.33. The number of nitrogens with one attached hydrogen (secondary N) is 1. The van der Waals surface area contributed by atoms with E-state index in [0.717, 1.165) is 57.6 Å². The van der Waals surface area contributed by atoms with Gasteiger partial charge in [0, 0.05) is 32.3 Å². The highest BCUT2D eigenvalue weighted by atomic mass is 16.5. The quantitative estimate of drug-likeness (QED) is 0.623. The fourth-order valence-electron chi connectivity index (χ4n) is 2.22. The van der Waals surface area contributed by atoms with Crippen molar-refractivity contribution in [3.63, 3.8) is 0 Å². The Balaban J connectivity index is 1.56. The molecule has 0 saturated heterocycles. The van der Waals surface area contributed by atoms with Gasteiger partial charge < -0.3 is 14.5 Å². The summed E-state index contributed by atoms with van der Waals surface area (Å²) in [5.41, 5.74) is 0. The zero-order valence-corrected chi connectivity index (χ0v) is 11.9. The number of ether oxygens (including phenoxy) is 1. The molecule has 1 aliphatic rings. The zero-order valence-electron chi connectivity index (χ0n) is 11.9. The molecule has 1 aromatic rings. The molecule has 0 radical (unpaired) electrons. The van der Waals surface area contributed by atoms with Gasteiger partial charge in [0.1, 0.15) is 5.76 Å². The monoisotopic (exact) mass is 266 g/mol. The molecule has 108 valence electrons. The molecule has 1 N–H and O–H groups in total. The fourth-order valence-corrected chi connectivity index (χ4v) is 2.22. The van der Waals surface area contributed by atoms with Crippen LogP contribution in [0.2, 0.25) is 0 Å². The van der Waals surface area contributed by atoms with Gasteiger partial charge in [0.05, 0.1) is 12.8 Å². The molecule has 1 saturated carbocycles. The summed E-state index contributed by atoms with van der Waals surface area (Å²) >= 11 is 0. The third kappa shape index (κ3) is 5.76. The van der Waals surface area contributed by atoms with Gasteiger partial charge in [-0.25, -0.2) is 0 Å². The summed E-state index contributed by atoms with van der Waals surface area (Å²) in [5.74, 6) is 1.07. The average molecular weight is 266 g/mol. The highest BCUT2D eigenvalue weighted by molar-refractivity contribution is 4.99. The normalized spacial score (nSPS) is 15.3. The van der Waals surface area contributed by atoms with Crippen LogP contribution in [0.25, 0.3) is 0 Å². The highest BCUT2D eigenvalue weighted by Gasteiger charge is 2.28. The highest BCUT2D eigenvalue weighted by Crippen LogP contribution is 2.27. The third-order valence-electron chi connectivity index (χ3n) is 3.42. The van der Waals surface area contributed by atoms with Crippen molar-refractivity contribution in [1.82, 2.24) is 10.2 Å². The molecule has 0 spiro atoms. The lowest BCUT2D eigenvalue weighted by molar-refractivity contribution is 0.144. The van der Waals surface area contributed by atoms with Crippen molar-refractivity contribution >= 4 is 0 Å². The van der Waals surface area contributed by atoms with E-state index >= 15 is 0 Å². The predicted molar refractivity (Wildman–Crippen MR) is 76.1 cm³/mol. The minimum absolute atomic E-state index is 0.773. The summed E-state index contributed by atoms with van der Waals surface area (Å²) in [5, 5.41) is 3.48. The molecule has 1 aromatic heterocycles. The number of hydrogen-bond acceptors (Lipinski definition) is 4. The van der Waals surface area contributed by atoms with Crippen LogP contribution in [-0.2, 0) is 11.3 Å². The lowest BCUT2D eigenvalue weighted by Gasteiger charge is -2.20. The third-order valence-corrected chi connectivity index (χ3v) is 3.42. The van der Waals surface area contributed by atoms with E-state index in [1.807, 2.05) is 13.0 Å². The van der Waals surface area contributed by atoms with Crippen LogP contribution in [0.4, 0.5) is 0 Å². The molecule has 0 bridgehead atoms. The molecule has 0 unspecified atom stereocenters. The average Bonchev–Trinajstić information content (AvgIpc) is 3.14. The maximum atomic E-state index is 5.44. The van der Waals surface area contributed by atoms with Crippen molar-refractivity contribution in [1.29, 1.82) is 0 Å². The molecule has 1 fully saturated rings. The first kappa shape index (κ1) is 14.6. The van der Waals surface area contributed by atoms with E-state index < -0.39 is 0 Å². The number of furan rings is 1. The molecule has 1 heterocycles. The summed E-state index contributed by atoms with van der Waals surface area (Å²) in [7, 11) is 0. The Morgan fingerprint density at radius 1 is 1.42 bits per heavy atom. The second kappa shape index (κ2) is 8.35. The number of rotatable bonds is 11. The van der Waals surface area contributed by atoms with Gasteiger partial charge in [-0.2, -0.15) is 0 Å². The van der Waals surface area contributed by atoms with Gasteiger partial charge >= 0.3 is 0 Å². The number of hydrogen-bond donors (Lipinski definition) is 1. The summed E-state index contributed by atoms with van der Waals surface area (Å²) in [6, 6.07) is 4.80.